The maximum absolute atomic E-state index is 6.00. The molecule has 0 aliphatic carbocycles. The number of aromatic nitrogens is 4. The van der Waals surface area contributed by atoms with E-state index in [1.807, 2.05) is 35.8 Å². The maximum Gasteiger partial charge on any atom is 0.201 e. The van der Waals surface area contributed by atoms with Crippen LogP contribution in [0.5, 0.6) is 5.75 Å². The summed E-state index contributed by atoms with van der Waals surface area (Å²) in [7, 11) is 1.63. The highest BCUT2D eigenvalue weighted by Crippen LogP contribution is 2.23. The lowest BCUT2D eigenvalue weighted by Crippen LogP contribution is -2.06. The van der Waals surface area contributed by atoms with E-state index in [4.69, 9.17) is 10.5 Å². The number of anilines is 1. The van der Waals surface area contributed by atoms with E-state index in [9.17, 15) is 0 Å². The second-order valence-corrected chi connectivity index (χ2v) is 4.51. The minimum Gasteiger partial charge on any atom is -0.497 e. The number of fused-ring (bicyclic) bond motifs is 1. The molecule has 0 radical (unpaired) electrons. The summed E-state index contributed by atoms with van der Waals surface area (Å²) < 4.78 is 7.12. The van der Waals surface area contributed by atoms with Crippen LogP contribution in [0.1, 0.15) is 11.5 Å². The van der Waals surface area contributed by atoms with Gasteiger partial charge in [-0.25, -0.2) is 15.0 Å². The lowest BCUT2D eigenvalue weighted by molar-refractivity contribution is 0.415. The lowest BCUT2D eigenvalue weighted by Gasteiger charge is -2.06. The van der Waals surface area contributed by atoms with E-state index in [0.717, 1.165) is 28.3 Å². The number of ether oxygens (including phenoxy) is 1. The van der Waals surface area contributed by atoms with Crippen molar-refractivity contribution in [1.29, 1.82) is 0 Å². The van der Waals surface area contributed by atoms with Crippen LogP contribution in [-0.4, -0.2) is 26.6 Å². The number of benzene rings is 1. The predicted molar refractivity (Wildman–Crippen MR) is 76.6 cm³/mol. The standard InChI is InChI=1S/C14H15N5O/c1-9-16-6-5-10(17-9)8-19-13-4-3-11(20-2)7-12(13)18-14(19)15/h3-7H,8H2,1-2H3,(H2,15,18). The van der Waals surface area contributed by atoms with Gasteiger partial charge >= 0.3 is 0 Å². The summed E-state index contributed by atoms with van der Waals surface area (Å²) in [6, 6.07) is 7.59. The summed E-state index contributed by atoms with van der Waals surface area (Å²) in [4.78, 5) is 12.8. The van der Waals surface area contributed by atoms with Crippen LogP contribution in [0.2, 0.25) is 0 Å². The molecule has 1 aromatic carbocycles. The quantitative estimate of drug-likeness (QED) is 0.784. The maximum atomic E-state index is 6.00. The van der Waals surface area contributed by atoms with Gasteiger partial charge in [-0.1, -0.05) is 0 Å². The molecule has 0 atom stereocenters. The average Bonchev–Trinajstić information content (AvgIpc) is 2.74. The summed E-state index contributed by atoms with van der Waals surface area (Å²) in [5.74, 6) is 1.97. The molecular formula is C14H15N5O. The first-order valence-electron chi connectivity index (χ1n) is 6.25. The van der Waals surface area contributed by atoms with Gasteiger partial charge in [0.15, 0.2) is 0 Å². The summed E-state index contributed by atoms with van der Waals surface area (Å²) >= 11 is 0. The minimum absolute atomic E-state index is 0.463. The molecule has 20 heavy (non-hydrogen) atoms. The van der Waals surface area contributed by atoms with Crippen molar-refractivity contribution < 1.29 is 4.74 Å². The van der Waals surface area contributed by atoms with Crippen molar-refractivity contribution in [1.82, 2.24) is 19.5 Å². The second-order valence-electron chi connectivity index (χ2n) is 4.51. The van der Waals surface area contributed by atoms with E-state index < -0.39 is 0 Å². The van der Waals surface area contributed by atoms with Gasteiger partial charge in [0, 0.05) is 12.3 Å². The van der Waals surface area contributed by atoms with Gasteiger partial charge in [-0.05, 0) is 25.1 Å². The van der Waals surface area contributed by atoms with E-state index >= 15 is 0 Å². The van der Waals surface area contributed by atoms with Crippen molar-refractivity contribution in [2.24, 2.45) is 0 Å². The summed E-state index contributed by atoms with van der Waals surface area (Å²) in [5, 5.41) is 0. The topological polar surface area (TPSA) is 78.9 Å². The molecule has 0 aliphatic heterocycles. The first-order chi connectivity index (χ1) is 9.67. The fraction of sp³-hybridized carbons (Fsp3) is 0.214. The zero-order valence-corrected chi connectivity index (χ0v) is 11.4. The fourth-order valence-electron chi connectivity index (χ4n) is 2.18. The van der Waals surface area contributed by atoms with Crippen LogP contribution in [0.3, 0.4) is 0 Å². The summed E-state index contributed by atoms with van der Waals surface area (Å²) in [6.45, 7) is 2.43. The molecule has 6 nitrogen and oxygen atoms in total. The number of imidazole rings is 1. The van der Waals surface area contributed by atoms with E-state index in [2.05, 4.69) is 15.0 Å². The van der Waals surface area contributed by atoms with E-state index in [1.54, 1.807) is 13.3 Å². The van der Waals surface area contributed by atoms with E-state index in [1.165, 1.54) is 0 Å². The highest BCUT2D eigenvalue weighted by Gasteiger charge is 2.10. The Labute approximate surface area is 116 Å². The first-order valence-corrected chi connectivity index (χ1v) is 6.25. The Balaban J connectivity index is 2.05. The Morgan fingerprint density at radius 2 is 2.10 bits per heavy atom. The lowest BCUT2D eigenvalue weighted by atomic mass is 10.3. The summed E-state index contributed by atoms with van der Waals surface area (Å²) in [6.07, 6.45) is 1.75. The molecule has 0 amide bonds. The highest BCUT2D eigenvalue weighted by atomic mass is 16.5. The normalized spacial score (nSPS) is 10.9. The first kappa shape index (κ1) is 12.4. The van der Waals surface area contributed by atoms with Gasteiger partial charge in [0.25, 0.3) is 0 Å². The van der Waals surface area contributed by atoms with Gasteiger partial charge in [0.2, 0.25) is 5.95 Å². The molecule has 0 saturated carbocycles. The molecule has 6 heteroatoms. The fourth-order valence-corrected chi connectivity index (χ4v) is 2.18. The van der Waals surface area contributed by atoms with Crippen molar-refractivity contribution in [3.63, 3.8) is 0 Å². The molecule has 0 aliphatic rings. The zero-order chi connectivity index (χ0) is 14.1. The van der Waals surface area contributed by atoms with Crippen molar-refractivity contribution >= 4 is 17.0 Å². The van der Waals surface area contributed by atoms with Crippen LogP contribution in [-0.2, 0) is 6.54 Å². The number of aryl methyl sites for hydroxylation is 1. The molecule has 0 saturated heterocycles. The largest absolute Gasteiger partial charge is 0.497 e. The molecule has 102 valence electrons. The van der Waals surface area contributed by atoms with Gasteiger partial charge in [-0.3, -0.25) is 0 Å². The molecule has 0 fully saturated rings. The van der Waals surface area contributed by atoms with Crippen LogP contribution in [0.25, 0.3) is 11.0 Å². The number of nitrogen functional groups attached to an aromatic ring is 1. The van der Waals surface area contributed by atoms with Crippen molar-refractivity contribution in [2.45, 2.75) is 13.5 Å². The Morgan fingerprint density at radius 1 is 1.25 bits per heavy atom. The molecular weight excluding hydrogens is 254 g/mol. The molecule has 0 bridgehead atoms. The number of hydrogen-bond acceptors (Lipinski definition) is 5. The van der Waals surface area contributed by atoms with Crippen LogP contribution in [0, 0.1) is 6.92 Å². The molecule has 2 heterocycles. The molecule has 2 aromatic heterocycles. The number of rotatable bonds is 3. The van der Waals surface area contributed by atoms with E-state index in [0.29, 0.717) is 12.5 Å². The smallest absolute Gasteiger partial charge is 0.201 e. The van der Waals surface area contributed by atoms with Crippen molar-refractivity contribution in [2.75, 3.05) is 12.8 Å². The highest BCUT2D eigenvalue weighted by molar-refractivity contribution is 5.80. The third kappa shape index (κ3) is 2.16. The number of nitrogens with two attached hydrogens (primary N) is 1. The van der Waals surface area contributed by atoms with Crippen LogP contribution >= 0.6 is 0 Å². The Bertz CT molecular complexity index is 765. The van der Waals surface area contributed by atoms with Crippen LogP contribution in [0.4, 0.5) is 5.95 Å². The second kappa shape index (κ2) is 4.80. The molecule has 3 rings (SSSR count). The number of methoxy groups -OCH3 is 1. The molecule has 0 spiro atoms. The molecule has 3 aromatic rings. The van der Waals surface area contributed by atoms with Crippen molar-refractivity contribution in [3.8, 4) is 5.75 Å². The molecule has 2 N–H and O–H groups in total. The SMILES string of the molecule is COc1ccc2c(c1)nc(N)n2Cc1ccnc(C)n1. The predicted octanol–water partition coefficient (Wildman–Crippen LogP) is 1.77. The third-order valence-electron chi connectivity index (χ3n) is 3.14. The zero-order valence-electron chi connectivity index (χ0n) is 11.4. The van der Waals surface area contributed by atoms with Crippen molar-refractivity contribution in [3.05, 3.63) is 42.0 Å². The Hall–Kier alpha value is -2.63. The summed E-state index contributed by atoms with van der Waals surface area (Å²) in [5.41, 5.74) is 8.67. The molecule has 0 unspecified atom stereocenters. The van der Waals surface area contributed by atoms with Gasteiger partial charge in [0.05, 0.1) is 30.4 Å². The van der Waals surface area contributed by atoms with Gasteiger partial charge in [-0.2, -0.15) is 0 Å². The third-order valence-corrected chi connectivity index (χ3v) is 3.14. The number of hydrogen-bond donors (Lipinski definition) is 1. The van der Waals surface area contributed by atoms with Gasteiger partial charge in [-0.15, -0.1) is 0 Å². The Morgan fingerprint density at radius 3 is 2.85 bits per heavy atom. The monoisotopic (exact) mass is 269 g/mol. The van der Waals surface area contributed by atoms with Crippen LogP contribution < -0.4 is 10.5 Å². The number of nitrogens with zero attached hydrogens (tertiary/aromatic N) is 4. The minimum atomic E-state index is 0.463. The van der Waals surface area contributed by atoms with E-state index in [-0.39, 0.29) is 0 Å². The Kier molecular flexibility index (Phi) is 2.98. The van der Waals surface area contributed by atoms with Gasteiger partial charge < -0.3 is 15.0 Å². The van der Waals surface area contributed by atoms with Gasteiger partial charge in [0.1, 0.15) is 11.6 Å². The van der Waals surface area contributed by atoms with Crippen LogP contribution in [0.15, 0.2) is 30.5 Å². The average molecular weight is 269 g/mol.